The summed E-state index contributed by atoms with van der Waals surface area (Å²) in [5.74, 6) is 1.40. The Hall–Kier alpha value is -1.47. The fraction of sp³-hybridized carbons (Fsp3) is 0.357. The molecule has 0 amide bonds. The van der Waals surface area contributed by atoms with Crippen LogP contribution in [-0.4, -0.2) is 10.5 Å². The summed E-state index contributed by atoms with van der Waals surface area (Å²) in [5.41, 5.74) is -2.48. The molecule has 1 aromatic carbocycles. The second kappa shape index (κ2) is 6.53. The molecule has 7 heteroatoms. The summed E-state index contributed by atoms with van der Waals surface area (Å²) in [6.07, 6.45) is 0. The highest BCUT2D eigenvalue weighted by molar-refractivity contribution is 8.00. The van der Waals surface area contributed by atoms with Crippen molar-refractivity contribution < 1.29 is 17.6 Å². The third-order valence-electron chi connectivity index (χ3n) is 2.84. The van der Waals surface area contributed by atoms with E-state index in [1.165, 1.54) is 12.1 Å². The maximum atomic E-state index is 12.2. The van der Waals surface area contributed by atoms with E-state index in [1.807, 2.05) is 13.8 Å². The number of thioether (sulfide) groups is 1. The first-order chi connectivity index (χ1) is 9.83. The largest absolute Gasteiger partial charge is 0.446 e. The van der Waals surface area contributed by atoms with Crippen molar-refractivity contribution in [1.82, 2.24) is 10.3 Å². The standard InChI is InChI=1S/C14H15F3N2OS/c1-9-10(2)20-13(19-9)8-18-7-11-3-5-12(6-4-11)21-14(15,16)17/h3-6,18H,7-8H2,1-2H3. The minimum atomic E-state index is -4.25. The van der Waals surface area contributed by atoms with Crippen molar-refractivity contribution in [1.29, 1.82) is 0 Å². The maximum absolute atomic E-state index is 12.2. The second-order valence-corrected chi connectivity index (χ2v) is 5.68. The number of hydrogen-bond donors (Lipinski definition) is 1. The molecular weight excluding hydrogens is 301 g/mol. The normalized spacial score (nSPS) is 11.9. The maximum Gasteiger partial charge on any atom is 0.446 e. The topological polar surface area (TPSA) is 38.1 Å². The molecule has 0 aliphatic heterocycles. The zero-order chi connectivity index (χ0) is 15.5. The summed E-state index contributed by atoms with van der Waals surface area (Å²) in [7, 11) is 0. The van der Waals surface area contributed by atoms with Crippen molar-refractivity contribution in [3.8, 4) is 0 Å². The number of nitrogens with one attached hydrogen (secondary N) is 1. The number of rotatable bonds is 5. The Kier molecular flexibility index (Phi) is 4.95. The lowest BCUT2D eigenvalue weighted by molar-refractivity contribution is -0.0328. The number of hydrogen-bond acceptors (Lipinski definition) is 4. The Morgan fingerprint density at radius 1 is 1.14 bits per heavy atom. The van der Waals surface area contributed by atoms with Crippen molar-refractivity contribution in [3.05, 3.63) is 47.2 Å². The van der Waals surface area contributed by atoms with E-state index < -0.39 is 5.51 Å². The molecule has 2 aromatic rings. The third kappa shape index (κ3) is 5.09. The van der Waals surface area contributed by atoms with E-state index in [4.69, 9.17) is 4.42 Å². The lowest BCUT2D eigenvalue weighted by atomic mass is 10.2. The van der Waals surface area contributed by atoms with Crippen LogP contribution in [0.4, 0.5) is 13.2 Å². The van der Waals surface area contributed by atoms with E-state index in [0.717, 1.165) is 17.0 Å². The zero-order valence-electron chi connectivity index (χ0n) is 11.6. The van der Waals surface area contributed by atoms with Crippen molar-refractivity contribution in [2.75, 3.05) is 0 Å². The summed E-state index contributed by atoms with van der Waals surface area (Å²) in [5, 5.41) is 3.14. The van der Waals surface area contributed by atoms with Crippen LogP contribution >= 0.6 is 11.8 Å². The van der Waals surface area contributed by atoms with E-state index >= 15 is 0 Å². The monoisotopic (exact) mass is 316 g/mol. The molecule has 0 aliphatic carbocycles. The van der Waals surface area contributed by atoms with Crippen molar-refractivity contribution >= 4 is 11.8 Å². The van der Waals surface area contributed by atoms with Crippen LogP contribution < -0.4 is 5.32 Å². The van der Waals surface area contributed by atoms with Gasteiger partial charge in [0.05, 0.1) is 12.2 Å². The third-order valence-corrected chi connectivity index (χ3v) is 3.57. The molecule has 1 heterocycles. The highest BCUT2D eigenvalue weighted by Crippen LogP contribution is 2.36. The van der Waals surface area contributed by atoms with Gasteiger partial charge in [-0.2, -0.15) is 13.2 Å². The molecule has 0 unspecified atom stereocenters. The molecule has 0 atom stereocenters. The van der Waals surface area contributed by atoms with Crippen LogP contribution in [0, 0.1) is 13.8 Å². The van der Waals surface area contributed by atoms with Gasteiger partial charge in [-0.3, -0.25) is 0 Å². The predicted octanol–water partition coefficient (Wildman–Crippen LogP) is 4.19. The molecule has 0 spiro atoms. The Morgan fingerprint density at radius 3 is 2.33 bits per heavy atom. The quantitative estimate of drug-likeness (QED) is 0.839. The van der Waals surface area contributed by atoms with Gasteiger partial charge in [-0.1, -0.05) is 12.1 Å². The number of aromatic nitrogens is 1. The first kappa shape index (κ1) is 15.9. The minimum absolute atomic E-state index is 0.111. The van der Waals surface area contributed by atoms with Crippen LogP contribution in [0.15, 0.2) is 33.6 Å². The average molecular weight is 316 g/mol. The second-order valence-electron chi connectivity index (χ2n) is 4.54. The highest BCUT2D eigenvalue weighted by Gasteiger charge is 2.28. The Balaban J connectivity index is 1.83. The molecule has 1 aromatic heterocycles. The number of aryl methyl sites for hydroxylation is 2. The number of nitrogens with zero attached hydrogens (tertiary/aromatic N) is 1. The SMILES string of the molecule is Cc1nc(CNCc2ccc(SC(F)(F)F)cc2)oc1C. The molecule has 0 saturated carbocycles. The minimum Gasteiger partial charge on any atom is -0.444 e. The Bertz CT molecular complexity index is 574. The molecule has 1 N–H and O–H groups in total. The van der Waals surface area contributed by atoms with Crippen molar-refractivity contribution in [2.24, 2.45) is 0 Å². The van der Waals surface area contributed by atoms with Crippen LogP contribution in [0.2, 0.25) is 0 Å². The van der Waals surface area contributed by atoms with Gasteiger partial charge in [0.2, 0.25) is 5.89 Å². The van der Waals surface area contributed by atoms with E-state index in [1.54, 1.807) is 12.1 Å². The van der Waals surface area contributed by atoms with E-state index in [2.05, 4.69) is 10.3 Å². The smallest absolute Gasteiger partial charge is 0.444 e. The number of oxazole rings is 1. The van der Waals surface area contributed by atoms with Gasteiger partial charge < -0.3 is 9.73 Å². The lowest BCUT2D eigenvalue weighted by Gasteiger charge is -2.07. The molecule has 2 rings (SSSR count). The molecule has 0 radical (unpaired) electrons. The van der Waals surface area contributed by atoms with Crippen LogP contribution in [-0.2, 0) is 13.1 Å². The summed E-state index contributed by atoms with van der Waals surface area (Å²) in [4.78, 5) is 4.42. The average Bonchev–Trinajstić information content (AvgIpc) is 2.69. The van der Waals surface area contributed by atoms with Crippen LogP contribution in [0.5, 0.6) is 0 Å². The van der Waals surface area contributed by atoms with Crippen LogP contribution in [0.3, 0.4) is 0 Å². The number of benzene rings is 1. The van der Waals surface area contributed by atoms with E-state index in [0.29, 0.717) is 19.0 Å². The van der Waals surface area contributed by atoms with Gasteiger partial charge in [-0.15, -0.1) is 0 Å². The Labute approximate surface area is 124 Å². The van der Waals surface area contributed by atoms with Gasteiger partial charge in [0.15, 0.2) is 0 Å². The fourth-order valence-corrected chi connectivity index (χ4v) is 2.28. The molecule has 114 valence electrons. The Morgan fingerprint density at radius 2 is 1.81 bits per heavy atom. The van der Waals surface area contributed by atoms with Crippen molar-refractivity contribution in [2.45, 2.75) is 37.3 Å². The molecular formula is C14H15F3N2OS. The van der Waals surface area contributed by atoms with E-state index in [9.17, 15) is 13.2 Å². The molecule has 0 saturated heterocycles. The fourth-order valence-electron chi connectivity index (χ4n) is 1.74. The first-order valence-electron chi connectivity index (χ1n) is 6.32. The summed E-state index contributed by atoms with van der Waals surface area (Å²) in [6, 6.07) is 6.28. The van der Waals surface area contributed by atoms with E-state index in [-0.39, 0.29) is 16.7 Å². The van der Waals surface area contributed by atoms with Crippen LogP contribution in [0.1, 0.15) is 22.9 Å². The van der Waals surface area contributed by atoms with Gasteiger partial charge in [0, 0.05) is 11.4 Å². The van der Waals surface area contributed by atoms with Gasteiger partial charge in [0.25, 0.3) is 0 Å². The zero-order valence-corrected chi connectivity index (χ0v) is 12.4. The van der Waals surface area contributed by atoms with Crippen LogP contribution in [0.25, 0.3) is 0 Å². The number of halogens is 3. The van der Waals surface area contributed by atoms with Gasteiger partial charge in [-0.05, 0) is 43.3 Å². The molecule has 0 aliphatic rings. The summed E-state index contributed by atoms with van der Waals surface area (Å²) < 4.78 is 42.0. The first-order valence-corrected chi connectivity index (χ1v) is 7.13. The molecule has 0 bridgehead atoms. The highest BCUT2D eigenvalue weighted by atomic mass is 32.2. The van der Waals surface area contributed by atoms with Crippen molar-refractivity contribution in [3.63, 3.8) is 0 Å². The van der Waals surface area contributed by atoms with Gasteiger partial charge in [-0.25, -0.2) is 4.98 Å². The van der Waals surface area contributed by atoms with Gasteiger partial charge >= 0.3 is 5.51 Å². The summed E-state index contributed by atoms with van der Waals surface area (Å²) in [6.45, 7) is 4.74. The van der Waals surface area contributed by atoms with Gasteiger partial charge in [0.1, 0.15) is 5.76 Å². The molecule has 21 heavy (non-hydrogen) atoms. The number of alkyl halides is 3. The molecule has 0 fully saturated rings. The molecule has 3 nitrogen and oxygen atoms in total. The predicted molar refractivity (Wildman–Crippen MR) is 74.9 cm³/mol. The summed E-state index contributed by atoms with van der Waals surface area (Å²) >= 11 is -0.111. The lowest BCUT2D eigenvalue weighted by Crippen LogP contribution is -2.12.